The molecule has 1 unspecified atom stereocenters. The molecule has 0 amide bonds. The molecule has 1 aliphatic heterocycles. The SMILES string of the molecule is COc1ccc(CN2NC(CBr)=CC2c2cccc(C=O)c2)cc1. The van der Waals surface area contributed by atoms with Gasteiger partial charge in [0.05, 0.1) is 13.2 Å². The highest BCUT2D eigenvalue weighted by atomic mass is 79.9. The van der Waals surface area contributed by atoms with E-state index in [4.69, 9.17) is 4.74 Å². The number of ether oxygens (including phenoxy) is 1. The van der Waals surface area contributed by atoms with Gasteiger partial charge in [0.2, 0.25) is 0 Å². The second kappa shape index (κ2) is 7.64. The van der Waals surface area contributed by atoms with Crippen LogP contribution in [0.1, 0.15) is 27.5 Å². The number of alkyl halides is 1. The van der Waals surface area contributed by atoms with Gasteiger partial charge >= 0.3 is 0 Å². The molecule has 124 valence electrons. The molecule has 0 fully saturated rings. The summed E-state index contributed by atoms with van der Waals surface area (Å²) in [6.07, 6.45) is 3.07. The molecule has 0 bridgehead atoms. The zero-order valence-corrected chi connectivity index (χ0v) is 15.0. The molecule has 5 heteroatoms. The van der Waals surface area contributed by atoms with Gasteiger partial charge in [-0.25, -0.2) is 5.01 Å². The van der Waals surface area contributed by atoms with Crippen molar-refractivity contribution in [1.29, 1.82) is 0 Å². The van der Waals surface area contributed by atoms with Crippen LogP contribution >= 0.6 is 15.9 Å². The van der Waals surface area contributed by atoms with Crippen molar-refractivity contribution in [3.8, 4) is 5.75 Å². The standard InChI is InChI=1S/C19H19BrN2O2/c1-24-18-7-5-14(6-8-18)12-22-19(10-17(11-20)21-22)16-4-2-3-15(9-16)13-23/h2-10,13,19,21H,11-12H2,1H3. The smallest absolute Gasteiger partial charge is 0.150 e. The normalized spacial score (nSPS) is 17.2. The number of carbonyl (C=O) groups excluding carboxylic acids is 1. The van der Waals surface area contributed by atoms with E-state index in [-0.39, 0.29) is 6.04 Å². The van der Waals surface area contributed by atoms with E-state index < -0.39 is 0 Å². The number of hydrogen-bond donors (Lipinski definition) is 1. The third kappa shape index (κ3) is 3.68. The Morgan fingerprint density at radius 3 is 2.71 bits per heavy atom. The zero-order chi connectivity index (χ0) is 16.9. The number of hydrazine groups is 1. The van der Waals surface area contributed by atoms with E-state index in [0.29, 0.717) is 5.56 Å². The lowest BCUT2D eigenvalue weighted by Crippen LogP contribution is -2.34. The number of nitrogens with one attached hydrogen (secondary N) is 1. The quantitative estimate of drug-likeness (QED) is 0.604. The Kier molecular flexibility index (Phi) is 5.33. The molecule has 3 rings (SSSR count). The lowest BCUT2D eigenvalue weighted by Gasteiger charge is -2.25. The molecule has 0 radical (unpaired) electrons. The monoisotopic (exact) mass is 386 g/mol. The number of allylic oxidation sites excluding steroid dienone is 1. The summed E-state index contributed by atoms with van der Waals surface area (Å²) >= 11 is 3.51. The van der Waals surface area contributed by atoms with Crippen molar-refractivity contribution in [2.24, 2.45) is 0 Å². The van der Waals surface area contributed by atoms with Crippen LogP contribution in [0.25, 0.3) is 0 Å². The van der Waals surface area contributed by atoms with Gasteiger partial charge in [-0.05, 0) is 35.4 Å². The molecule has 2 aromatic carbocycles. The Bertz CT molecular complexity index is 743. The summed E-state index contributed by atoms with van der Waals surface area (Å²) in [6.45, 7) is 0.743. The lowest BCUT2D eigenvalue weighted by molar-refractivity contribution is 0.112. The van der Waals surface area contributed by atoms with Gasteiger partial charge in [0.15, 0.2) is 0 Å². The summed E-state index contributed by atoms with van der Waals surface area (Å²) in [7, 11) is 1.67. The van der Waals surface area contributed by atoms with E-state index >= 15 is 0 Å². The average Bonchev–Trinajstić information content (AvgIpc) is 3.05. The first-order valence-electron chi connectivity index (χ1n) is 7.71. The summed E-state index contributed by atoms with van der Waals surface area (Å²) in [5.74, 6) is 0.850. The highest BCUT2D eigenvalue weighted by Gasteiger charge is 2.25. The summed E-state index contributed by atoms with van der Waals surface area (Å²) in [4.78, 5) is 11.1. The van der Waals surface area contributed by atoms with Crippen LogP contribution in [0.5, 0.6) is 5.75 Å². The van der Waals surface area contributed by atoms with Gasteiger partial charge in [-0.1, -0.05) is 46.3 Å². The molecule has 0 aromatic heterocycles. The minimum Gasteiger partial charge on any atom is -0.497 e. The van der Waals surface area contributed by atoms with E-state index in [1.807, 2.05) is 36.4 Å². The lowest BCUT2D eigenvalue weighted by atomic mass is 10.0. The fraction of sp³-hybridized carbons (Fsp3) is 0.211. The third-order valence-corrected chi connectivity index (χ3v) is 4.63. The molecule has 1 aliphatic rings. The van der Waals surface area contributed by atoms with Crippen LogP contribution in [0, 0.1) is 0 Å². The van der Waals surface area contributed by atoms with Crippen LogP contribution in [0.2, 0.25) is 0 Å². The molecular weight excluding hydrogens is 368 g/mol. The second-order valence-corrected chi connectivity index (χ2v) is 6.21. The van der Waals surface area contributed by atoms with E-state index in [9.17, 15) is 4.79 Å². The van der Waals surface area contributed by atoms with Crippen molar-refractivity contribution >= 4 is 22.2 Å². The highest BCUT2D eigenvalue weighted by molar-refractivity contribution is 9.09. The van der Waals surface area contributed by atoms with Gasteiger partial charge in [0.1, 0.15) is 12.0 Å². The Morgan fingerprint density at radius 2 is 2.04 bits per heavy atom. The fourth-order valence-corrected chi connectivity index (χ4v) is 3.12. The number of nitrogens with zero attached hydrogens (tertiary/aromatic N) is 1. The van der Waals surface area contributed by atoms with E-state index in [0.717, 1.165) is 35.2 Å². The van der Waals surface area contributed by atoms with Crippen molar-refractivity contribution in [2.75, 3.05) is 12.4 Å². The maximum Gasteiger partial charge on any atom is 0.150 e. The molecular formula is C19H19BrN2O2. The number of methoxy groups -OCH3 is 1. The number of halogens is 1. The van der Waals surface area contributed by atoms with Gasteiger partial charge < -0.3 is 10.2 Å². The zero-order valence-electron chi connectivity index (χ0n) is 13.4. The molecule has 1 heterocycles. The van der Waals surface area contributed by atoms with Gasteiger partial charge in [0, 0.05) is 23.1 Å². The van der Waals surface area contributed by atoms with Gasteiger partial charge in [-0.2, -0.15) is 0 Å². The number of carbonyl (C=O) groups is 1. The second-order valence-electron chi connectivity index (χ2n) is 5.65. The first kappa shape index (κ1) is 16.7. The summed E-state index contributed by atoms with van der Waals surface area (Å²) in [5, 5.41) is 2.93. The van der Waals surface area contributed by atoms with Crippen molar-refractivity contribution in [2.45, 2.75) is 12.6 Å². The Labute approximate surface area is 150 Å². The van der Waals surface area contributed by atoms with Crippen LogP contribution < -0.4 is 10.2 Å². The van der Waals surface area contributed by atoms with Crippen LogP contribution in [-0.2, 0) is 6.54 Å². The van der Waals surface area contributed by atoms with Crippen LogP contribution in [-0.4, -0.2) is 23.7 Å². The predicted molar refractivity (Wildman–Crippen MR) is 98.1 cm³/mol. The number of hydrogen-bond acceptors (Lipinski definition) is 4. The van der Waals surface area contributed by atoms with E-state index in [1.54, 1.807) is 7.11 Å². The van der Waals surface area contributed by atoms with Crippen molar-refractivity contribution < 1.29 is 9.53 Å². The molecule has 0 saturated heterocycles. The largest absolute Gasteiger partial charge is 0.497 e. The summed E-state index contributed by atoms with van der Waals surface area (Å²) in [6, 6.07) is 15.9. The van der Waals surface area contributed by atoms with Crippen LogP contribution in [0.15, 0.2) is 60.3 Å². The molecule has 4 nitrogen and oxygen atoms in total. The molecule has 2 aromatic rings. The predicted octanol–water partition coefficient (Wildman–Crippen LogP) is 3.85. The third-order valence-electron chi connectivity index (χ3n) is 4.03. The van der Waals surface area contributed by atoms with E-state index in [1.165, 1.54) is 5.56 Å². The minimum absolute atomic E-state index is 0.0829. The summed E-state index contributed by atoms with van der Waals surface area (Å²) < 4.78 is 5.21. The number of benzene rings is 2. The van der Waals surface area contributed by atoms with Crippen molar-refractivity contribution in [3.63, 3.8) is 0 Å². The maximum absolute atomic E-state index is 11.1. The number of rotatable bonds is 6. The first-order valence-corrected chi connectivity index (χ1v) is 8.83. The van der Waals surface area contributed by atoms with Crippen molar-refractivity contribution in [3.05, 3.63) is 77.0 Å². The van der Waals surface area contributed by atoms with Gasteiger partial charge in [-0.15, -0.1) is 0 Å². The molecule has 0 saturated carbocycles. The Balaban J connectivity index is 1.83. The summed E-state index contributed by atoms with van der Waals surface area (Å²) in [5.41, 5.74) is 7.52. The fourth-order valence-electron chi connectivity index (χ4n) is 2.80. The molecule has 0 spiro atoms. The number of aldehydes is 1. The topological polar surface area (TPSA) is 41.6 Å². The van der Waals surface area contributed by atoms with E-state index in [2.05, 4.69) is 44.6 Å². The van der Waals surface area contributed by atoms with Gasteiger partial charge in [0.25, 0.3) is 0 Å². The molecule has 1 N–H and O–H groups in total. The average molecular weight is 387 g/mol. The highest BCUT2D eigenvalue weighted by Crippen LogP contribution is 2.29. The maximum atomic E-state index is 11.1. The Hall–Kier alpha value is -2.11. The molecule has 1 atom stereocenters. The first-order chi connectivity index (χ1) is 11.7. The molecule has 24 heavy (non-hydrogen) atoms. The van der Waals surface area contributed by atoms with Crippen LogP contribution in [0.4, 0.5) is 0 Å². The molecule has 0 aliphatic carbocycles. The van der Waals surface area contributed by atoms with Crippen molar-refractivity contribution in [1.82, 2.24) is 10.4 Å². The van der Waals surface area contributed by atoms with Crippen LogP contribution in [0.3, 0.4) is 0 Å². The Morgan fingerprint density at radius 1 is 1.25 bits per heavy atom. The minimum atomic E-state index is 0.0829. The van der Waals surface area contributed by atoms with Gasteiger partial charge in [-0.3, -0.25) is 4.79 Å².